The van der Waals surface area contributed by atoms with Gasteiger partial charge in [-0.05, 0) is 59.1 Å². The lowest BCUT2D eigenvalue weighted by molar-refractivity contribution is 0.102. The Balaban J connectivity index is 2.31. The maximum atomic E-state index is 13.2. The van der Waals surface area contributed by atoms with Gasteiger partial charge in [0.05, 0.1) is 5.69 Å². The highest BCUT2D eigenvalue weighted by atomic mass is 79.9. The highest BCUT2D eigenvalue weighted by Crippen LogP contribution is 2.26. The van der Waals surface area contributed by atoms with Crippen LogP contribution in [0.4, 0.5) is 10.1 Å². The smallest absolute Gasteiger partial charge is 0.256 e. The van der Waals surface area contributed by atoms with Crippen molar-refractivity contribution >= 4 is 27.5 Å². The summed E-state index contributed by atoms with van der Waals surface area (Å²) in [5.74, 6) is -0.734. The molecule has 19 heavy (non-hydrogen) atoms. The summed E-state index contributed by atoms with van der Waals surface area (Å²) >= 11 is 3.43. The fourth-order valence-electron chi connectivity index (χ4n) is 1.77. The van der Waals surface area contributed by atoms with E-state index in [9.17, 15) is 9.18 Å². The van der Waals surface area contributed by atoms with E-state index in [0.29, 0.717) is 11.3 Å². The van der Waals surface area contributed by atoms with Crippen LogP contribution in [0.2, 0.25) is 0 Å². The van der Waals surface area contributed by atoms with Crippen LogP contribution >= 0.6 is 15.9 Å². The van der Waals surface area contributed by atoms with Crippen molar-refractivity contribution in [3.63, 3.8) is 0 Å². The number of rotatable bonds is 2. The Morgan fingerprint density at radius 1 is 1.16 bits per heavy atom. The van der Waals surface area contributed by atoms with Crippen molar-refractivity contribution in [2.75, 3.05) is 5.32 Å². The molecule has 0 saturated heterocycles. The molecule has 2 rings (SSSR count). The predicted octanol–water partition coefficient (Wildman–Crippen LogP) is 4.46. The third kappa shape index (κ3) is 3.01. The number of aryl methyl sites for hydroxylation is 2. The van der Waals surface area contributed by atoms with E-state index in [1.807, 2.05) is 19.1 Å². The van der Waals surface area contributed by atoms with Crippen LogP contribution in [0.5, 0.6) is 0 Å². The van der Waals surface area contributed by atoms with Crippen molar-refractivity contribution in [2.24, 2.45) is 0 Å². The number of anilines is 1. The molecule has 4 heteroatoms. The largest absolute Gasteiger partial charge is 0.321 e. The first-order valence-corrected chi connectivity index (χ1v) is 6.61. The minimum atomic E-state index is -0.418. The van der Waals surface area contributed by atoms with Gasteiger partial charge in [0.15, 0.2) is 0 Å². The van der Waals surface area contributed by atoms with Gasteiger partial charge in [-0.3, -0.25) is 4.79 Å². The van der Waals surface area contributed by atoms with Crippen LogP contribution in [0.1, 0.15) is 21.5 Å². The fourth-order valence-corrected chi connectivity index (χ4v) is 2.14. The molecular formula is C15H13BrFNO. The predicted molar refractivity (Wildman–Crippen MR) is 78.0 cm³/mol. The second-order valence-electron chi connectivity index (χ2n) is 4.35. The summed E-state index contributed by atoms with van der Waals surface area (Å²) in [4.78, 5) is 12.2. The van der Waals surface area contributed by atoms with Crippen molar-refractivity contribution in [3.8, 4) is 0 Å². The van der Waals surface area contributed by atoms with Gasteiger partial charge in [0.2, 0.25) is 0 Å². The summed E-state index contributed by atoms with van der Waals surface area (Å²) in [6.07, 6.45) is 0. The minimum Gasteiger partial charge on any atom is -0.321 e. The molecule has 0 atom stereocenters. The van der Waals surface area contributed by atoms with Crippen LogP contribution in [0.3, 0.4) is 0 Å². The maximum absolute atomic E-state index is 13.2. The first-order valence-electron chi connectivity index (χ1n) is 5.81. The monoisotopic (exact) mass is 321 g/mol. The van der Waals surface area contributed by atoms with E-state index in [2.05, 4.69) is 21.2 Å². The average molecular weight is 322 g/mol. The summed E-state index contributed by atoms with van der Waals surface area (Å²) in [5.41, 5.74) is 2.78. The molecule has 0 aromatic heterocycles. The summed E-state index contributed by atoms with van der Waals surface area (Å²) in [7, 11) is 0. The van der Waals surface area contributed by atoms with Crippen LogP contribution in [0, 0.1) is 19.7 Å². The SMILES string of the molecule is Cc1ccc(F)cc1C(=O)Nc1cccc(C)c1Br. The Morgan fingerprint density at radius 2 is 1.89 bits per heavy atom. The average Bonchev–Trinajstić information content (AvgIpc) is 2.38. The molecular weight excluding hydrogens is 309 g/mol. The number of benzene rings is 2. The molecule has 2 aromatic carbocycles. The molecule has 0 saturated carbocycles. The lowest BCUT2D eigenvalue weighted by Crippen LogP contribution is -2.14. The topological polar surface area (TPSA) is 29.1 Å². The maximum Gasteiger partial charge on any atom is 0.256 e. The third-order valence-corrected chi connectivity index (χ3v) is 3.94. The zero-order valence-corrected chi connectivity index (χ0v) is 12.2. The molecule has 1 amide bonds. The summed E-state index contributed by atoms with van der Waals surface area (Å²) in [5, 5.41) is 2.78. The van der Waals surface area contributed by atoms with Crippen LogP contribution in [0.25, 0.3) is 0 Å². The number of amides is 1. The van der Waals surface area contributed by atoms with Gasteiger partial charge in [-0.25, -0.2) is 4.39 Å². The highest BCUT2D eigenvalue weighted by Gasteiger charge is 2.12. The van der Waals surface area contributed by atoms with Gasteiger partial charge in [-0.1, -0.05) is 18.2 Å². The van der Waals surface area contributed by atoms with Gasteiger partial charge < -0.3 is 5.32 Å². The zero-order chi connectivity index (χ0) is 14.0. The van der Waals surface area contributed by atoms with Crippen LogP contribution in [-0.2, 0) is 0 Å². The normalized spacial score (nSPS) is 10.3. The quantitative estimate of drug-likeness (QED) is 0.869. The number of hydrogen-bond acceptors (Lipinski definition) is 1. The Kier molecular flexibility index (Phi) is 4.00. The number of carbonyl (C=O) groups excluding carboxylic acids is 1. The second kappa shape index (κ2) is 5.53. The Labute approximate surface area is 119 Å². The number of nitrogens with one attached hydrogen (secondary N) is 1. The summed E-state index contributed by atoms with van der Waals surface area (Å²) < 4.78 is 14.0. The van der Waals surface area contributed by atoms with Gasteiger partial charge in [-0.15, -0.1) is 0 Å². The van der Waals surface area contributed by atoms with Gasteiger partial charge >= 0.3 is 0 Å². The first-order chi connectivity index (χ1) is 8.99. The van der Waals surface area contributed by atoms with Gasteiger partial charge in [0.1, 0.15) is 5.82 Å². The molecule has 0 fully saturated rings. The second-order valence-corrected chi connectivity index (χ2v) is 5.14. The van der Waals surface area contributed by atoms with Crippen molar-refractivity contribution in [1.29, 1.82) is 0 Å². The van der Waals surface area contributed by atoms with E-state index in [1.165, 1.54) is 12.1 Å². The Bertz CT molecular complexity index is 640. The summed E-state index contributed by atoms with van der Waals surface area (Å²) in [6.45, 7) is 3.72. The first kappa shape index (κ1) is 13.7. The molecule has 0 spiro atoms. The van der Waals surface area contributed by atoms with Crippen molar-refractivity contribution in [1.82, 2.24) is 0 Å². The van der Waals surface area contributed by atoms with Gasteiger partial charge in [0, 0.05) is 10.0 Å². The zero-order valence-electron chi connectivity index (χ0n) is 10.6. The fraction of sp³-hybridized carbons (Fsp3) is 0.133. The Morgan fingerprint density at radius 3 is 2.63 bits per heavy atom. The van der Waals surface area contributed by atoms with Crippen molar-refractivity contribution in [2.45, 2.75) is 13.8 Å². The minimum absolute atomic E-state index is 0.316. The molecule has 0 aliphatic carbocycles. The van der Waals surface area contributed by atoms with E-state index in [1.54, 1.807) is 19.1 Å². The van der Waals surface area contributed by atoms with E-state index < -0.39 is 5.82 Å². The van der Waals surface area contributed by atoms with E-state index in [4.69, 9.17) is 0 Å². The molecule has 1 N–H and O–H groups in total. The van der Waals surface area contributed by atoms with Crippen LogP contribution in [-0.4, -0.2) is 5.91 Å². The molecule has 0 radical (unpaired) electrons. The van der Waals surface area contributed by atoms with Crippen LogP contribution < -0.4 is 5.32 Å². The number of halogens is 2. The molecule has 2 aromatic rings. The number of carbonyl (C=O) groups is 1. The third-order valence-electron chi connectivity index (χ3n) is 2.88. The molecule has 0 heterocycles. The summed E-state index contributed by atoms with van der Waals surface area (Å²) in [6, 6.07) is 9.77. The van der Waals surface area contributed by atoms with E-state index in [-0.39, 0.29) is 5.91 Å². The molecule has 0 unspecified atom stereocenters. The van der Waals surface area contributed by atoms with Crippen molar-refractivity contribution in [3.05, 3.63) is 63.4 Å². The molecule has 0 bridgehead atoms. The van der Waals surface area contributed by atoms with Crippen molar-refractivity contribution < 1.29 is 9.18 Å². The lowest BCUT2D eigenvalue weighted by atomic mass is 10.1. The molecule has 98 valence electrons. The molecule has 2 nitrogen and oxygen atoms in total. The van der Waals surface area contributed by atoms with E-state index >= 15 is 0 Å². The van der Waals surface area contributed by atoms with Crippen LogP contribution in [0.15, 0.2) is 40.9 Å². The van der Waals surface area contributed by atoms with E-state index in [0.717, 1.165) is 15.6 Å². The van der Waals surface area contributed by atoms with Gasteiger partial charge in [-0.2, -0.15) is 0 Å². The lowest BCUT2D eigenvalue weighted by Gasteiger charge is -2.10. The van der Waals surface area contributed by atoms with Gasteiger partial charge in [0.25, 0.3) is 5.91 Å². The Hall–Kier alpha value is -1.68. The standard InChI is InChI=1S/C15H13BrFNO/c1-9-6-7-11(17)8-12(9)15(19)18-13-5-3-4-10(2)14(13)16/h3-8H,1-2H3,(H,18,19). The number of hydrogen-bond donors (Lipinski definition) is 1. The molecule has 0 aliphatic heterocycles. The molecule has 0 aliphatic rings. The highest BCUT2D eigenvalue weighted by molar-refractivity contribution is 9.10.